The molecular weight excluding hydrogens is 246 g/mol. The van der Waals surface area contributed by atoms with Crippen LogP contribution in [-0.4, -0.2) is 4.37 Å². The molecule has 0 amide bonds. The first kappa shape index (κ1) is 12.3. The van der Waals surface area contributed by atoms with Crippen molar-refractivity contribution in [2.45, 2.75) is 0 Å². The third-order valence-electron chi connectivity index (χ3n) is 2.04. The van der Waals surface area contributed by atoms with Gasteiger partial charge in [-0.15, -0.1) is 0 Å². The lowest BCUT2D eigenvalue weighted by molar-refractivity contribution is 0.498. The molecule has 0 fully saturated rings. The molecule has 4 heteroatoms. The van der Waals surface area contributed by atoms with Crippen molar-refractivity contribution in [3.05, 3.63) is 73.7 Å². The van der Waals surface area contributed by atoms with Gasteiger partial charge in [0.15, 0.2) is 0 Å². The maximum Gasteiger partial charge on any atom is 0.125 e. The summed E-state index contributed by atoms with van der Waals surface area (Å²) in [5.41, 5.74) is 1.08. The Bertz CT molecular complexity index is 540. The maximum atomic E-state index is 5.25. The second-order valence-electron chi connectivity index (χ2n) is 3.30. The summed E-state index contributed by atoms with van der Waals surface area (Å²) < 4.78 is 13.4. The zero-order valence-electron chi connectivity index (χ0n) is 9.65. The number of H-pyrrole nitrogens is 1. The van der Waals surface area contributed by atoms with Crippen LogP contribution in [0.4, 0.5) is 0 Å². The van der Waals surface area contributed by atoms with E-state index in [0.717, 1.165) is 10.4 Å². The molecule has 3 nitrogen and oxygen atoms in total. The van der Waals surface area contributed by atoms with Crippen LogP contribution in [0.1, 0.15) is 0 Å². The van der Waals surface area contributed by atoms with Gasteiger partial charge < -0.3 is 13.2 Å². The first-order valence-corrected chi connectivity index (χ1v) is 6.24. The summed E-state index contributed by atoms with van der Waals surface area (Å²) in [6, 6.07) is 13.5. The Hall–Kier alpha value is -2.20. The topological polar surface area (TPSA) is 42.1 Å². The van der Waals surface area contributed by atoms with E-state index in [9.17, 15) is 0 Å². The van der Waals surface area contributed by atoms with Crippen molar-refractivity contribution >= 4 is 11.5 Å². The first-order chi connectivity index (χ1) is 8.97. The smallest absolute Gasteiger partial charge is 0.125 e. The van der Waals surface area contributed by atoms with Crippen LogP contribution in [0.5, 0.6) is 0 Å². The molecule has 0 aromatic heterocycles. The van der Waals surface area contributed by atoms with Crippen LogP contribution in [0.2, 0.25) is 0 Å². The lowest BCUT2D eigenvalue weighted by Gasteiger charge is -1.85. The standard InChI is InChI=1S/C14H13NO2S/c1-2-4-6-8-16-9-10-17-12-14-13(7-5-3-1)11-15-18-14/h1-12,15H. The zero-order chi connectivity index (χ0) is 12.5. The van der Waals surface area contributed by atoms with E-state index < -0.39 is 0 Å². The molecule has 2 aliphatic rings. The molecule has 18 heavy (non-hydrogen) atoms. The molecule has 1 N–H and O–H groups in total. The summed E-state index contributed by atoms with van der Waals surface area (Å²) in [4.78, 5) is 1.02. The zero-order valence-corrected chi connectivity index (χ0v) is 10.5. The predicted molar refractivity (Wildman–Crippen MR) is 72.7 cm³/mol. The van der Waals surface area contributed by atoms with E-state index in [4.69, 9.17) is 8.83 Å². The van der Waals surface area contributed by atoms with Crippen LogP contribution < -0.4 is 0 Å². The van der Waals surface area contributed by atoms with Crippen LogP contribution >= 0.6 is 11.5 Å². The second kappa shape index (κ2) is 7.19. The third-order valence-corrected chi connectivity index (χ3v) is 2.83. The molecule has 0 radical (unpaired) electrons. The summed E-state index contributed by atoms with van der Waals surface area (Å²) in [5.74, 6) is 0. The largest absolute Gasteiger partial charge is 0.469 e. The van der Waals surface area contributed by atoms with Crippen molar-refractivity contribution in [2.75, 3.05) is 0 Å². The highest BCUT2D eigenvalue weighted by atomic mass is 32.1. The van der Waals surface area contributed by atoms with Gasteiger partial charge in [0.05, 0.1) is 11.1 Å². The quantitative estimate of drug-likeness (QED) is 0.742. The summed E-state index contributed by atoms with van der Waals surface area (Å²) in [7, 11) is 0. The Morgan fingerprint density at radius 1 is 0.833 bits per heavy atom. The first-order valence-electron chi connectivity index (χ1n) is 5.42. The van der Waals surface area contributed by atoms with Gasteiger partial charge in [-0.2, -0.15) is 0 Å². The lowest BCUT2D eigenvalue weighted by Crippen LogP contribution is -1.61. The second-order valence-corrected chi connectivity index (χ2v) is 4.18. The van der Waals surface area contributed by atoms with Gasteiger partial charge in [0.1, 0.15) is 18.8 Å². The summed E-state index contributed by atoms with van der Waals surface area (Å²) in [6.07, 6.45) is 8.14. The molecule has 0 spiro atoms. The van der Waals surface area contributed by atoms with Crippen LogP contribution in [0.25, 0.3) is 10.4 Å². The molecule has 0 aliphatic carbocycles. The van der Waals surface area contributed by atoms with Crippen LogP contribution in [0, 0.1) is 0 Å². The van der Waals surface area contributed by atoms with Crippen LogP contribution in [-0.2, 0) is 0 Å². The van der Waals surface area contributed by atoms with Crippen LogP contribution in [0.15, 0.2) is 82.5 Å². The molecule has 0 aromatic carbocycles. The van der Waals surface area contributed by atoms with E-state index in [0.29, 0.717) is 0 Å². The fourth-order valence-corrected chi connectivity index (χ4v) is 1.89. The molecule has 0 saturated carbocycles. The predicted octanol–water partition coefficient (Wildman–Crippen LogP) is 4.74. The van der Waals surface area contributed by atoms with Gasteiger partial charge in [-0.25, -0.2) is 0 Å². The fraction of sp³-hybridized carbons (Fsp3) is 0. The third kappa shape index (κ3) is 3.99. The number of aromatic amines is 1. The maximum absolute atomic E-state index is 5.25. The van der Waals surface area contributed by atoms with Gasteiger partial charge in [-0.3, -0.25) is 0 Å². The number of nitrogens with one attached hydrogen (secondary N) is 1. The summed E-state index contributed by atoms with van der Waals surface area (Å²) in [6.45, 7) is 0. The summed E-state index contributed by atoms with van der Waals surface area (Å²) >= 11 is 1.51. The Labute approximate surface area is 109 Å². The van der Waals surface area contributed by atoms with E-state index in [-0.39, 0.29) is 0 Å². The fourth-order valence-electron chi connectivity index (χ4n) is 1.23. The van der Waals surface area contributed by atoms with Crippen molar-refractivity contribution in [3.8, 4) is 10.4 Å². The van der Waals surface area contributed by atoms with E-state index in [2.05, 4.69) is 4.37 Å². The minimum absolute atomic E-state index is 1.02. The van der Waals surface area contributed by atoms with Crippen molar-refractivity contribution < 1.29 is 8.83 Å². The highest BCUT2D eigenvalue weighted by Gasteiger charge is 1.97. The molecule has 0 atom stereocenters. The van der Waals surface area contributed by atoms with Gasteiger partial charge in [0, 0.05) is 11.8 Å². The molecular formula is C14H13NO2S. The normalized spacial score (nSPS) is 9.11. The molecule has 0 unspecified atom stereocenters. The average Bonchev–Trinajstić information content (AvgIpc) is 2.81. The number of rotatable bonds is 0. The van der Waals surface area contributed by atoms with E-state index >= 15 is 0 Å². The van der Waals surface area contributed by atoms with Gasteiger partial charge in [0.25, 0.3) is 0 Å². The minimum Gasteiger partial charge on any atom is -0.469 e. The average molecular weight is 259 g/mol. The van der Waals surface area contributed by atoms with E-state index in [1.807, 2.05) is 42.6 Å². The minimum atomic E-state index is 1.02. The molecule has 92 valence electrons. The molecule has 2 aliphatic heterocycles. The Morgan fingerprint density at radius 2 is 1.61 bits per heavy atom. The van der Waals surface area contributed by atoms with E-state index in [1.165, 1.54) is 24.1 Å². The van der Waals surface area contributed by atoms with Crippen molar-refractivity contribution in [1.82, 2.24) is 4.37 Å². The highest BCUT2D eigenvalue weighted by Crippen LogP contribution is 2.21. The summed E-state index contributed by atoms with van der Waals surface area (Å²) in [5, 5.41) is 0. The van der Waals surface area contributed by atoms with Gasteiger partial charge >= 0.3 is 0 Å². The molecule has 0 aromatic rings. The number of hydrogen-bond donors (Lipinski definition) is 1. The van der Waals surface area contributed by atoms with Crippen LogP contribution in [0.3, 0.4) is 0 Å². The van der Waals surface area contributed by atoms with Crippen molar-refractivity contribution in [2.24, 2.45) is 0 Å². The lowest BCUT2D eigenvalue weighted by atomic mass is 10.3. The van der Waals surface area contributed by atoms with E-state index in [1.54, 1.807) is 18.6 Å². The Morgan fingerprint density at radius 3 is 2.56 bits per heavy atom. The monoisotopic (exact) mass is 259 g/mol. The van der Waals surface area contributed by atoms with Gasteiger partial charge in [-0.1, -0.05) is 47.9 Å². The number of aromatic nitrogens is 1. The molecule has 0 bridgehead atoms. The molecule has 2 heterocycles. The Kier molecular flexibility index (Phi) is 4.90. The Balaban J connectivity index is 2.47. The van der Waals surface area contributed by atoms with Gasteiger partial charge in [0.2, 0.25) is 0 Å². The van der Waals surface area contributed by atoms with Crippen molar-refractivity contribution in [3.63, 3.8) is 0 Å². The SMILES string of the molecule is c1ccccc2c[nH]sc-2coccoccc1. The molecule has 2 rings (SSSR count). The number of hydrogen-bond acceptors (Lipinski definition) is 3. The molecule has 0 saturated heterocycles. The van der Waals surface area contributed by atoms with Crippen molar-refractivity contribution in [1.29, 1.82) is 0 Å². The number of fused-ring (bicyclic) bond motifs is 1. The highest BCUT2D eigenvalue weighted by molar-refractivity contribution is 7.09. The van der Waals surface area contributed by atoms with Gasteiger partial charge in [-0.05, 0) is 6.07 Å².